The largest absolute Gasteiger partial charge is 0.325 e. The molecule has 0 aliphatic heterocycles. The van der Waals surface area contributed by atoms with Crippen LogP contribution < -0.4 is 5.32 Å². The van der Waals surface area contributed by atoms with Crippen LogP contribution in [0.5, 0.6) is 0 Å². The third-order valence-corrected chi connectivity index (χ3v) is 8.08. The summed E-state index contributed by atoms with van der Waals surface area (Å²) in [5, 5.41) is 3.91. The number of rotatable bonds is 7. The number of carbonyl (C=O) groups is 1. The molecular weight excluding hydrogens is 503 g/mol. The normalized spacial score (nSPS) is 11.6. The molecule has 0 aliphatic rings. The second-order valence-corrected chi connectivity index (χ2v) is 10.9. The number of nitrogens with one attached hydrogen (secondary N) is 1. The van der Waals surface area contributed by atoms with Crippen molar-refractivity contribution in [1.29, 1.82) is 0 Å². The Balaban J connectivity index is 1.97. The highest BCUT2D eigenvalue weighted by Gasteiger charge is 2.30. The molecule has 1 N–H and O–H groups in total. The summed E-state index contributed by atoms with van der Waals surface area (Å²) in [7, 11) is -4.02. The van der Waals surface area contributed by atoms with Crippen molar-refractivity contribution in [3.63, 3.8) is 0 Å². The SMILES string of the molecule is Cc1cc(C)c(S(=O)(=O)N(CC(=O)Nc2ccc(Cl)cc2)Cc2ccc(Cl)c(Cl)c2)c(C)c1. The van der Waals surface area contributed by atoms with E-state index in [1.165, 1.54) is 0 Å². The summed E-state index contributed by atoms with van der Waals surface area (Å²) >= 11 is 18.0. The minimum absolute atomic E-state index is 0.0555. The zero-order valence-corrected chi connectivity index (χ0v) is 21.4. The smallest absolute Gasteiger partial charge is 0.244 e. The number of aryl methyl sites for hydroxylation is 3. The van der Waals surface area contributed by atoms with Gasteiger partial charge in [0.25, 0.3) is 0 Å². The van der Waals surface area contributed by atoms with Gasteiger partial charge >= 0.3 is 0 Å². The Kier molecular flexibility index (Phi) is 8.08. The molecule has 0 spiro atoms. The molecule has 0 atom stereocenters. The number of nitrogens with zero attached hydrogens (tertiary/aromatic N) is 1. The van der Waals surface area contributed by atoms with Crippen LogP contribution in [0.25, 0.3) is 0 Å². The van der Waals surface area contributed by atoms with E-state index in [9.17, 15) is 13.2 Å². The van der Waals surface area contributed by atoms with Crippen molar-refractivity contribution in [2.24, 2.45) is 0 Å². The second kappa shape index (κ2) is 10.5. The maximum atomic E-state index is 13.7. The van der Waals surface area contributed by atoms with Crippen LogP contribution in [0, 0.1) is 20.8 Å². The molecule has 33 heavy (non-hydrogen) atoms. The molecule has 3 aromatic rings. The van der Waals surface area contributed by atoms with Gasteiger partial charge in [-0.1, -0.05) is 58.6 Å². The van der Waals surface area contributed by atoms with Gasteiger partial charge in [0.2, 0.25) is 15.9 Å². The Labute approximate surface area is 209 Å². The molecule has 0 aromatic heterocycles. The first-order chi connectivity index (χ1) is 15.5. The average Bonchev–Trinajstić information content (AvgIpc) is 2.71. The second-order valence-electron chi connectivity index (χ2n) is 7.80. The van der Waals surface area contributed by atoms with Crippen molar-refractivity contribution in [3.05, 3.63) is 91.9 Å². The van der Waals surface area contributed by atoms with Crippen LogP contribution >= 0.6 is 34.8 Å². The number of hydrogen-bond acceptors (Lipinski definition) is 3. The molecule has 0 unspecified atom stereocenters. The monoisotopic (exact) mass is 524 g/mol. The van der Waals surface area contributed by atoms with E-state index in [2.05, 4.69) is 5.32 Å². The maximum absolute atomic E-state index is 13.7. The number of anilines is 1. The van der Waals surface area contributed by atoms with Crippen LogP contribution in [0.3, 0.4) is 0 Å². The van der Waals surface area contributed by atoms with Gasteiger partial charge in [-0.05, 0) is 73.9 Å². The van der Waals surface area contributed by atoms with E-state index in [0.29, 0.717) is 37.4 Å². The molecule has 0 fully saturated rings. The highest BCUT2D eigenvalue weighted by molar-refractivity contribution is 7.89. The van der Waals surface area contributed by atoms with Crippen LogP contribution in [0.1, 0.15) is 22.3 Å². The molecule has 0 heterocycles. The fourth-order valence-electron chi connectivity index (χ4n) is 3.66. The first-order valence-corrected chi connectivity index (χ1v) is 12.6. The number of hydrogen-bond donors (Lipinski definition) is 1. The van der Waals surface area contributed by atoms with Crippen molar-refractivity contribution in [2.45, 2.75) is 32.2 Å². The number of sulfonamides is 1. The third-order valence-electron chi connectivity index (χ3n) is 4.99. The van der Waals surface area contributed by atoms with Gasteiger partial charge < -0.3 is 5.32 Å². The van der Waals surface area contributed by atoms with Crippen molar-refractivity contribution in [2.75, 3.05) is 11.9 Å². The lowest BCUT2D eigenvalue weighted by Crippen LogP contribution is -2.38. The lowest BCUT2D eigenvalue weighted by molar-refractivity contribution is -0.116. The van der Waals surface area contributed by atoms with Gasteiger partial charge in [-0.15, -0.1) is 0 Å². The summed E-state index contributed by atoms with van der Waals surface area (Å²) in [5.74, 6) is -0.483. The average molecular weight is 526 g/mol. The molecule has 0 saturated carbocycles. The Bertz CT molecular complexity index is 1270. The van der Waals surface area contributed by atoms with E-state index in [1.54, 1.807) is 56.3 Å². The van der Waals surface area contributed by atoms with E-state index >= 15 is 0 Å². The van der Waals surface area contributed by atoms with Crippen molar-refractivity contribution < 1.29 is 13.2 Å². The molecule has 0 bridgehead atoms. The molecular formula is C24H23Cl3N2O3S. The number of carbonyl (C=O) groups excluding carboxylic acids is 1. The summed E-state index contributed by atoms with van der Waals surface area (Å²) in [6, 6.07) is 15.1. The van der Waals surface area contributed by atoms with Gasteiger partial charge in [-0.3, -0.25) is 4.79 Å². The van der Waals surface area contributed by atoms with E-state index in [0.717, 1.165) is 9.87 Å². The molecule has 0 saturated heterocycles. The molecule has 0 radical (unpaired) electrons. The summed E-state index contributed by atoms with van der Waals surface area (Å²) in [4.78, 5) is 13.0. The predicted octanol–water partition coefficient (Wildman–Crippen LogP) is 6.40. The Morgan fingerprint density at radius 1 is 0.879 bits per heavy atom. The summed E-state index contributed by atoms with van der Waals surface area (Å²) in [5.41, 5.74) is 3.31. The van der Waals surface area contributed by atoms with E-state index in [-0.39, 0.29) is 11.4 Å². The maximum Gasteiger partial charge on any atom is 0.244 e. The molecule has 174 valence electrons. The predicted molar refractivity (Wildman–Crippen MR) is 135 cm³/mol. The third kappa shape index (κ3) is 6.28. The van der Waals surface area contributed by atoms with Crippen LogP contribution in [-0.4, -0.2) is 25.2 Å². The molecule has 3 rings (SSSR count). The molecule has 5 nitrogen and oxygen atoms in total. The van der Waals surface area contributed by atoms with Crippen LogP contribution in [-0.2, 0) is 21.4 Å². The highest BCUT2D eigenvalue weighted by atomic mass is 35.5. The quantitative estimate of drug-likeness (QED) is 0.388. The molecule has 3 aromatic carbocycles. The van der Waals surface area contributed by atoms with Crippen LogP contribution in [0.15, 0.2) is 59.5 Å². The van der Waals surface area contributed by atoms with Gasteiger partial charge in [-0.25, -0.2) is 8.42 Å². The lowest BCUT2D eigenvalue weighted by Gasteiger charge is -2.24. The Hall–Kier alpha value is -2.09. The fourth-order valence-corrected chi connectivity index (χ4v) is 5.91. The highest BCUT2D eigenvalue weighted by Crippen LogP contribution is 2.28. The van der Waals surface area contributed by atoms with Crippen LogP contribution in [0.2, 0.25) is 15.1 Å². The van der Waals surface area contributed by atoms with Crippen molar-refractivity contribution >= 4 is 56.4 Å². The minimum atomic E-state index is -4.02. The zero-order chi connectivity index (χ0) is 24.3. The number of amides is 1. The fraction of sp³-hybridized carbons (Fsp3) is 0.208. The summed E-state index contributed by atoms with van der Waals surface area (Å²) < 4.78 is 28.6. The van der Waals surface area contributed by atoms with Crippen LogP contribution in [0.4, 0.5) is 5.69 Å². The number of halogens is 3. The van der Waals surface area contributed by atoms with E-state index in [1.807, 2.05) is 19.1 Å². The first kappa shape index (κ1) is 25.5. The minimum Gasteiger partial charge on any atom is -0.325 e. The lowest BCUT2D eigenvalue weighted by atomic mass is 10.1. The zero-order valence-electron chi connectivity index (χ0n) is 18.3. The topological polar surface area (TPSA) is 66.5 Å². The van der Waals surface area contributed by atoms with Gasteiger partial charge in [0.15, 0.2) is 0 Å². The van der Waals surface area contributed by atoms with Crippen molar-refractivity contribution in [1.82, 2.24) is 4.31 Å². The molecule has 0 aliphatic carbocycles. The number of benzene rings is 3. The van der Waals surface area contributed by atoms with E-state index < -0.39 is 22.5 Å². The van der Waals surface area contributed by atoms with Gasteiger partial charge in [0, 0.05) is 17.3 Å². The first-order valence-electron chi connectivity index (χ1n) is 10.0. The summed E-state index contributed by atoms with van der Waals surface area (Å²) in [6.45, 7) is 4.96. The molecule has 9 heteroatoms. The van der Waals surface area contributed by atoms with Gasteiger partial charge in [-0.2, -0.15) is 4.31 Å². The van der Waals surface area contributed by atoms with Gasteiger partial charge in [0.05, 0.1) is 21.5 Å². The van der Waals surface area contributed by atoms with Crippen molar-refractivity contribution in [3.8, 4) is 0 Å². The standard InChI is InChI=1S/C24H23Cl3N2O3S/c1-15-10-16(2)24(17(3)11-15)33(31,32)29(13-18-4-9-21(26)22(27)12-18)14-23(30)28-20-7-5-19(25)6-8-20/h4-12H,13-14H2,1-3H3,(H,28,30). The van der Waals surface area contributed by atoms with E-state index in [4.69, 9.17) is 34.8 Å². The van der Waals surface area contributed by atoms with Gasteiger partial charge in [0.1, 0.15) is 0 Å². The summed E-state index contributed by atoms with van der Waals surface area (Å²) in [6.07, 6.45) is 0. The Morgan fingerprint density at radius 3 is 2.06 bits per heavy atom. The Morgan fingerprint density at radius 2 is 1.48 bits per heavy atom. The molecule has 1 amide bonds.